The van der Waals surface area contributed by atoms with Crippen molar-refractivity contribution in [3.63, 3.8) is 0 Å². The lowest BCUT2D eigenvalue weighted by molar-refractivity contribution is -0.384. The van der Waals surface area contributed by atoms with Gasteiger partial charge in [0.25, 0.3) is 21.6 Å². The standard InChI is InChI=1S/C49H55ClN6O8S/c1-48(2)17-16-36(42(29-48)34-6-8-37(50)9-7-34)32-54-20-22-55(23-21-54)38-10-12-41(46(27-38)64-39-26-35-4-3-5-43(35)52-31-39)47(57)53-65(60,61)40-11-13-44(45(28-40)56(58)59)51-30-33-14-18-49(19-15-33)62-24-25-63-49/h3-4,6-13,26-28,31,33,51H,5,14-25,29-30,32H2,1-2H3,(H,53,57). The van der Waals surface area contributed by atoms with Crippen LogP contribution in [0.5, 0.6) is 11.5 Å². The topological polar surface area (TPSA) is 165 Å². The highest BCUT2D eigenvalue weighted by atomic mass is 35.5. The van der Waals surface area contributed by atoms with Crippen LogP contribution in [0.15, 0.2) is 89.5 Å². The van der Waals surface area contributed by atoms with E-state index >= 15 is 0 Å². The number of nitrogens with one attached hydrogen (secondary N) is 2. The van der Waals surface area contributed by atoms with Crippen LogP contribution in [0.2, 0.25) is 5.02 Å². The highest BCUT2D eigenvalue weighted by molar-refractivity contribution is 7.90. The van der Waals surface area contributed by atoms with Crippen molar-refractivity contribution in [1.29, 1.82) is 0 Å². The van der Waals surface area contributed by atoms with Gasteiger partial charge >= 0.3 is 0 Å². The van der Waals surface area contributed by atoms with Crippen LogP contribution in [0, 0.1) is 21.4 Å². The zero-order valence-electron chi connectivity index (χ0n) is 36.8. The molecular weight excluding hydrogens is 868 g/mol. The molecule has 2 saturated heterocycles. The summed E-state index contributed by atoms with van der Waals surface area (Å²) in [5.74, 6) is -0.685. The number of hydrogen-bond donors (Lipinski definition) is 2. The largest absolute Gasteiger partial charge is 0.455 e. The predicted octanol–water partition coefficient (Wildman–Crippen LogP) is 9.25. The Bertz CT molecular complexity index is 2630. The molecule has 3 fully saturated rings. The number of piperazine rings is 1. The summed E-state index contributed by atoms with van der Waals surface area (Å²) in [5.41, 5.74) is 6.73. The number of allylic oxidation sites excluding steroid dienone is 2. The van der Waals surface area contributed by atoms with Crippen LogP contribution >= 0.6 is 11.6 Å². The van der Waals surface area contributed by atoms with Gasteiger partial charge in [0.05, 0.1) is 40.5 Å². The maximum absolute atomic E-state index is 14.0. The van der Waals surface area contributed by atoms with Crippen molar-refractivity contribution in [1.82, 2.24) is 14.6 Å². The molecule has 0 unspecified atom stereocenters. The minimum atomic E-state index is -4.57. The minimum Gasteiger partial charge on any atom is -0.455 e. The Morgan fingerprint density at radius 1 is 0.985 bits per heavy atom. The molecule has 4 aromatic rings. The van der Waals surface area contributed by atoms with E-state index in [1.807, 2.05) is 30.4 Å². The van der Waals surface area contributed by atoms with Crippen LogP contribution in [0.3, 0.4) is 0 Å². The number of benzene rings is 3. The third-order valence-electron chi connectivity index (χ3n) is 13.5. The number of carbonyl (C=O) groups excluding carboxylic acids is 1. The normalized spacial score (nSPS) is 19.6. The lowest BCUT2D eigenvalue weighted by Gasteiger charge is -2.39. The Morgan fingerprint density at radius 3 is 2.48 bits per heavy atom. The van der Waals surface area contributed by atoms with Crippen LogP contribution in [0.1, 0.15) is 86.0 Å². The lowest BCUT2D eigenvalue weighted by Crippen LogP contribution is -2.47. The van der Waals surface area contributed by atoms with Crippen molar-refractivity contribution in [2.75, 3.05) is 62.7 Å². The molecule has 0 radical (unpaired) electrons. The van der Waals surface area contributed by atoms with Crippen molar-refractivity contribution >= 4 is 56.2 Å². The molecule has 3 aliphatic carbocycles. The summed E-state index contributed by atoms with van der Waals surface area (Å²) in [7, 11) is -4.57. The quantitative estimate of drug-likeness (QED) is 0.0966. The average Bonchev–Trinajstić information content (AvgIpc) is 3.96. The predicted molar refractivity (Wildman–Crippen MR) is 251 cm³/mol. The van der Waals surface area contributed by atoms with Gasteiger partial charge in [-0.3, -0.25) is 24.8 Å². The van der Waals surface area contributed by atoms with Gasteiger partial charge in [-0.2, -0.15) is 0 Å². The van der Waals surface area contributed by atoms with E-state index in [4.69, 9.17) is 25.8 Å². The number of ether oxygens (including phenoxy) is 3. The molecule has 2 aliphatic heterocycles. The monoisotopic (exact) mass is 922 g/mol. The van der Waals surface area contributed by atoms with Crippen molar-refractivity contribution in [2.45, 2.75) is 75.9 Å². The second kappa shape index (κ2) is 18.5. The number of sulfonamides is 1. The molecule has 342 valence electrons. The van der Waals surface area contributed by atoms with Gasteiger partial charge in [0.1, 0.15) is 17.2 Å². The van der Waals surface area contributed by atoms with Gasteiger partial charge in [0.15, 0.2) is 5.79 Å². The van der Waals surface area contributed by atoms with Crippen molar-refractivity contribution in [3.05, 3.63) is 122 Å². The molecule has 14 nitrogen and oxygen atoms in total. The first-order chi connectivity index (χ1) is 31.2. The Labute approximate surface area is 385 Å². The second-order valence-electron chi connectivity index (χ2n) is 18.6. The fourth-order valence-corrected chi connectivity index (χ4v) is 10.9. The van der Waals surface area contributed by atoms with Crippen molar-refractivity contribution < 1.29 is 32.3 Å². The van der Waals surface area contributed by atoms with Gasteiger partial charge in [-0.1, -0.05) is 55.3 Å². The zero-order valence-corrected chi connectivity index (χ0v) is 38.4. The van der Waals surface area contributed by atoms with Gasteiger partial charge in [-0.25, -0.2) is 13.1 Å². The van der Waals surface area contributed by atoms with E-state index in [1.165, 1.54) is 28.8 Å². The molecule has 9 rings (SSSR count). The van der Waals surface area contributed by atoms with Crippen molar-refractivity contribution in [3.8, 4) is 11.5 Å². The van der Waals surface area contributed by atoms with Crippen LogP contribution in [-0.2, 0) is 25.9 Å². The molecule has 1 amide bonds. The first kappa shape index (κ1) is 44.9. The summed E-state index contributed by atoms with van der Waals surface area (Å²) in [6.07, 6.45) is 12.6. The summed E-state index contributed by atoms with van der Waals surface area (Å²) >= 11 is 6.25. The van der Waals surface area contributed by atoms with Gasteiger partial charge in [0, 0.05) is 81.4 Å². The third-order valence-corrected chi connectivity index (χ3v) is 15.1. The van der Waals surface area contributed by atoms with Crippen LogP contribution in [0.4, 0.5) is 17.1 Å². The number of fused-ring (bicyclic) bond motifs is 1. The molecule has 1 aromatic heterocycles. The number of nitro benzene ring substituents is 1. The Morgan fingerprint density at radius 2 is 1.74 bits per heavy atom. The average molecular weight is 924 g/mol. The van der Waals surface area contributed by atoms with Gasteiger partial charge in [-0.15, -0.1) is 0 Å². The Hall–Kier alpha value is -5.32. The van der Waals surface area contributed by atoms with Crippen LogP contribution in [-0.4, -0.2) is 87.4 Å². The number of nitro groups is 1. The van der Waals surface area contributed by atoms with E-state index in [0.717, 1.165) is 106 Å². The fraction of sp³-hybridized carbons (Fsp3) is 0.429. The highest BCUT2D eigenvalue weighted by Crippen LogP contribution is 2.44. The number of rotatable bonds is 13. The number of anilines is 2. The molecule has 65 heavy (non-hydrogen) atoms. The van der Waals surface area contributed by atoms with E-state index in [0.29, 0.717) is 31.9 Å². The summed E-state index contributed by atoms with van der Waals surface area (Å²) in [5, 5.41) is 16.1. The van der Waals surface area contributed by atoms with Gasteiger partial charge in [0.2, 0.25) is 0 Å². The van der Waals surface area contributed by atoms with E-state index < -0.39 is 37.2 Å². The Kier molecular flexibility index (Phi) is 12.8. The number of nitrogens with zero attached hydrogens (tertiary/aromatic N) is 4. The molecule has 0 atom stereocenters. The molecule has 3 aromatic carbocycles. The summed E-state index contributed by atoms with van der Waals surface area (Å²) < 4.78 is 47.7. The first-order valence-corrected chi connectivity index (χ1v) is 24.4. The number of hydrogen-bond acceptors (Lipinski definition) is 12. The minimum absolute atomic E-state index is 0.0238. The molecule has 3 heterocycles. The first-order valence-electron chi connectivity index (χ1n) is 22.5. The number of amides is 1. The molecular formula is C49H55ClN6O8S. The van der Waals surface area contributed by atoms with E-state index in [2.05, 4.69) is 50.8 Å². The number of carbonyl (C=O) groups is 1. The summed E-state index contributed by atoms with van der Waals surface area (Å²) in [6.45, 7) is 10.3. The van der Waals surface area contributed by atoms with Crippen LogP contribution in [0.25, 0.3) is 11.6 Å². The summed E-state index contributed by atoms with van der Waals surface area (Å²) in [6, 6.07) is 18.7. The SMILES string of the molecule is CC1(C)CCC(CN2CCN(c3ccc(C(=O)NS(=O)(=O)c4ccc(NCC5CCC6(CC5)OCCO6)c([N+](=O)[O-])c4)c(Oc4cnc5c(c4)C=CC5)c3)CC2)=C(c2ccc(Cl)cc2)C1. The molecule has 1 spiro atoms. The molecule has 1 saturated carbocycles. The van der Waals surface area contributed by atoms with Crippen LogP contribution < -0.4 is 19.7 Å². The third kappa shape index (κ3) is 10.2. The maximum atomic E-state index is 14.0. The van der Waals surface area contributed by atoms with E-state index in [9.17, 15) is 23.3 Å². The molecule has 2 N–H and O–H groups in total. The summed E-state index contributed by atoms with van der Waals surface area (Å²) in [4.78, 5) is 34.5. The smallest absolute Gasteiger partial charge is 0.293 e. The fourth-order valence-electron chi connectivity index (χ4n) is 9.74. The number of pyridine rings is 1. The number of aromatic nitrogens is 1. The highest BCUT2D eigenvalue weighted by Gasteiger charge is 2.40. The second-order valence-corrected chi connectivity index (χ2v) is 20.7. The van der Waals surface area contributed by atoms with Crippen molar-refractivity contribution in [2.24, 2.45) is 11.3 Å². The molecule has 0 bridgehead atoms. The van der Waals surface area contributed by atoms with Gasteiger partial charge in [-0.05, 0) is 103 Å². The number of halogens is 1. The zero-order chi connectivity index (χ0) is 45.3. The van der Waals surface area contributed by atoms with Gasteiger partial charge < -0.3 is 24.4 Å². The van der Waals surface area contributed by atoms with E-state index in [1.54, 1.807) is 24.4 Å². The maximum Gasteiger partial charge on any atom is 0.293 e. The van der Waals surface area contributed by atoms with E-state index in [-0.39, 0.29) is 28.3 Å². The lowest BCUT2D eigenvalue weighted by atomic mass is 9.72. The molecule has 5 aliphatic rings. The Balaban J connectivity index is 0.903. The molecule has 16 heteroatoms.